The standard InChI is InChI=1S/C36H76N12O7/c1-36(2,3)55-35(54)47-16-7-5-4-6-15-39-17-8-32(51)46-26-29-48(27-11-33(52)44-24-22-40-18-9-30(49)42-20-13-37)28-12-34(53)45-25-23-41-19-10-31(50)43-21-14-38/h30,39-42,49H,4-29,37-38H2,1-3H3,(H,43,50)(H,44,52)(H,45,53)(H,46,51)(H,47,54). The van der Waals surface area contributed by atoms with Gasteiger partial charge in [0.2, 0.25) is 23.6 Å². The maximum Gasteiger partial charge on any atom is 0.407 e. The van der Waals surface area contributed by atoms with Gasteiger partial charge < -0.3 is 68.7 Å². The monoisotopic (exact) mass is 789 g/mol. The van der Waals surface area contributed by atoms with Gasteiger partial charge >= 0.3 is 6.09 Å². The van der Waals surface area contributed by atoms with E-state index in [9.17, 15) is 29.1 Å². The lowest BCUT2D eigenvalue weighted by Crippen LogP contribution is -2.41. The van der Waals surface area contributed by atoms with Gasteiger partial charge in [-0.25, -0.2) is 4.79 Å². The normalized spacial score (nSPS) is 11.9. The number of nitrogens with one attached hydrogen (secondary N) is 9. The Morgan fingerprint density at radius 3 is 1.60 bits per heavy atom. The molecule has 322 valence electrons. The second kappa shape index (κ2) is 35.3. The van der Waals surface area contributed by atoms with Gasteiger partial charge in [0.15, 0.2) is 0 Å². The molecular formula is C36H76N12O7. The van der Waals surface area contributed by atoms with Crippen molar-refractivity contribution in [1.29, 1.82) is 0 Å². The predicted molar refractivity (Wildman–Crippen MR) is 215 cm³/mol. The van der Waals surface area contributed by atoms with E-state index in [0.29, 0.717) is 124 Å². The molecule has 19 nitrogen and oxygen atoms in total. The van der Waals surface area contributed by atoms with Gasteiger partial charge in [-0.3, -0.25) is 24.5 Å². The Balaban J connectivity index is 4.41. The third kappa shape index (κ3) is 37.5. The molecule has 0 aromatic rings. The number of nitrogens with zero attached hydrogens (tertiary/aromatic N) is 1. The number of aliphatic hydroxyl groups is 1. The van der Waals surface area contributed by atoms with Gasteiger partial charge in [-0.1, -0.05) is 12.8 Å². The number of ether oxygens (including phenoxy) is 1. The van der Waals surface area contributed by atoms with Crippen molar-refractivity contribution in [2.45, 2.75) is 90.4 Å². The molecule has 14 N–H and O–H groups in total. The van der Waals surface area contributed by atoms with Crippen LogP contribution in [0.4, 0.5) is 4.79 Å². The summed E-state index contributed by atoms with van der Waals surface area (Å²) in [4.78, 5) is 62.8. The molecule has 0 fully saturated rings. The summed E-state index contributed by atoms with van der Waals surface area (Å²) in [5, 5.41) is 36.4. The zero-order valence-corrected chi connectivity index (χ0v) is 34.0. The molecule has 0 aliphatic carbocycles. The summed E-state index contributed by atoms with van der Waals surface area (Å²) in [6.07, 6.45) is 4.51. The molecule has 0 radical (unpaired) electrons. The second-order valence-corrected chi connectivity index (χ2v) is 14.2. The van der Waals surface area contributed by atoms with Crippen molar-refractivity contribution in [3.05, 3.63) is 0 Å². The van der Waals surface area contributed by atoms with E-state index in [0.717, 1.165) is 32.2 Å². The van der Waals surface area contributed by atoms with Crippen molar-refractivity contribution < 1.29 is 33.8 Å². The molecule has 0 bridgehead atoms. The van der Waals surface area contributed by atoms with E-state index in [1.165, 1.54) is 0 Å². The van der Waals surface area contributed by atoms with Gasteiger partial charge in [-0.2, -0.15) is 0 Å². The fourth-order valence-electron chi connectivity index (χ4n) is 4.96. The van der Waals surface area contributed by atoms with Crippen LogP contribution in [0.2, 0.25) is 0 Å². The van der Waals surface area contributed by atoms with Crippen LogP contribution in [0, 0.1) is 0 Å². The number of amides is 5. The number of unbranched alkanes of at least 4 members (excludes halogenated alkanes) is 3. The molecule has 5 amide bonds. The Morgan fingerprint density at radius 2 is 1.04 bits per heavy atom. The second-order valence-electron chi connectivity index (χ2n) is 14.2. The first kappa shape index (κ1) is 51.8. The minimum absolute atomic E-state index is 0.0734. The van der Waals surface area contributed by atoms with Gasteiger partial charge in [0, 0.05) is 124 Å². The lowest BCUT2D eigenvalue weighted by Gasteiger charge is -2.22. The molecule has 1 atom stereocenters. The average molecular weight is 789 g/mol. The zero-order valence-electron chi connectivity index (χ0n) is 34.0. The molecule has 0 saturated carbocycles. The maximum atomic E-state index is 12.5. The summed E-state index contributed by atoms with van der Waals surface area (Å²) < 4.78 is 5.22. The molecule has 0 aliphatic heterocycles. The summed E-state index contributed by atoms with van der Waals surface area (Å²) in [6, 6.07) is 0. The van der Waals surface area contributed by atoms with Crippen molar-refractivity contribution >= 4 is 29.7 Å². The van der Waals surface area contributed by atoms with Crippen molar-refractivity contribution in [2.24, 2.45) is 11.5 Å². The number of carbonyl (C=O) groups excluding carboxylic acids is 5. The van der Waals surface area contributed by atoms with E-state index in [1.807, 2.05) is 25.7 Å². The number of nitrogens with two attached hydrogens (primary N) is 2. The van der Waals surface area contributed by atoms with Gasteiger partial charge in [0.05, 0.1) is 0 Å². The van der Waals surface area contributed by atoms with Crippen molar-refractivity contribution in [1.82, 2.24) is 52.8 Å². The molecule has 0 spiro atoms. The number of rotatable bonds is 36. The van der Waals surface area contributed by atoms with Gasteiger partial charge in [-0.05, 0) is 53.1 Å². The van der Waals surface area contributed by atoms with E-state index in [-0.39, 0.29) is 36.5 Å². The number of alkyl carbamates (subject to hydrolysis) is 1. The molecule has 1 unspecified atom stereocenters. The molecule has 0 saturated heterocycles. The van der Waals surface area contributed by atoms with Crippen LogP contribution in [0.1, 0.15) is 78.6 Å². The highest BCUT2D eigenvalue weighted by molar-refractivity contribution is 5.77. The minimum atomic E-state index is -0.627. The van der Waals surface area contributed by atoms with Crippen molar-refractivity contribution in [3.8, 4) is 0 Å². The molecule has 19 heteroatoms. The third-order valence-electron chi connectivity index (χ3n) is 7.90. The van der Waals surface area contributed by atoms with E-state index in [4.69, 9.17) is 16.2 Å². The smallest absolute Gasteiger partial charge is 0.407 e. The molecule has 0 aromatic heterocycles. The molecule has 0 rings (SSSR count). The Labute approximate surface area is 329 Å². The summed E-state index contributed by atoms with van der Waals surface area (Å²) in [5.74, 6) is -0.389. The summed E-state index contributed by atoms with van der Waals surface area (Å²) in [5.41, 5.74) is 10.3. The lowest BCUT2D eigenvalue weighted by molar-refractivity contribution is -0.123. The van der Waals surface area contributed by atoms with Crippen LogP contribution in [0.25, 0.3) is 0 Å². The van der Waals surface area contributed by atoms with Crippen LogP contribution < -0.4 is 59.3 Å². The average Bonchev–Trinajstić information content (AvgIpc) is 3.13. The first-order valence-electron chi connectivity index (χ1n) is 20.1. The molecule has 0 aliphatic rings. The third-order valence-corrected chi connectivity index (χ3v) is 7.90. The Bertz CT molecular complexity index is 1020. The van der Waals surface area contributed by atoms with E-state index >= 15 is 0 Å². The van der Waals surface area contributed by atoms with Crippen LogP contribution in [0.3, 0.4) is 0 Å². The zero-order chi connectivity index (χ0) is 41.0. The van der Waals surface area contributed by atoms with Crippen molar-refractivity contribution in [2.75, 3.05) is 111 Å². The highest BCUT2D eigenvalue weighted by Crippen LogP contribution is 2.06. The van der Waals surface area contributed by atoms with E-state index in [2.05, 4.69) is 47.9 Å². The van der Waals surface area contributed by atoms with E-state index < -0.39 is 17.9 Å². The van der Waals surface area contributed by atoms with Crippen LogP contribution in [-0.4, -0.2) is 163 Å². The number of carbonyl (C=O) groups is 5. The van der Waals surface area contributed by atoms with Crippen LogP contribution in [-0.2, 0) is 23.9 Å². The minimum Gasteiger partial charge on any atom is -0.444 e. The first-order valence-corrected chi connectivity index (χ1v) is 20.1. The Kier molecular flexibility index (Phi) is 33.2. The Hall–Kier alpha value is -3.17. The number of hydrogen-bond donors (Lipinski definition) is 12. The molecule has 0 heterocycles. The van der Waals surface area contributed by atoms with Gasteiger partial charge in [0.25, 0.3) is 0 Å². The fraction of sp³-hybridized carbons (Fsp3) is 0.861. The van der Waals surface area contributed by atoms with Crippen molar-refractivity contribution in [3.63, 3.8) is 0 Å². The fourth-order valence-corrected chi connectivity index (χ4v) is 4.96. The van der Waals surface area contributed by atoms with Gasteiger partial charge in [0.1, 0.15) is 11.8 Å². The highest BCUT2D eigenvalue weighted by atomic mass is 16.6. The van der Waals surface area contributed by atoms with Crippen LogP contribution in [0.5, 0.6) is 0 Å². The molecule has 55 heavy (non-hydrogen) atoms. The maximum absolute atomic E-state index is 12.5. The summed E-state index contributed by atoms with van der Waals surface area (Å²) in [6.45, 7) is 14.0. The SMILES string of the molecule is CC(C)(C)OC(=O)NCCCCCCNCCC(=O)NCCN(CCC(=O)NCCNCCC(=O)NCCN)CCC(=O)NCCNCCC(O)NCCN. The van der Waals surface area contributed by atoms with E-state index in [1.54, 1.807) is 0 Å². The first-order chi connectivity index (χ1) is 26.4. The summed E-state index contributed by atoms with van der Waals surface area (Å²) in [7, 11) is 0. The predicted octanol–water partition coefficient (Wildman–Crippen LogP) is -2.62. The van der Waals surface area contributed by atoms with Gasteiger partial charge in [-0.15, -0.1) is 0 Å². The quantitative estimate of drug-likeness (QED) is 0.0229. The molecule has 0 aromatic carbocycles. The van der Waals surface area contributed by atoms with Crippen LogP contribution in [0.15, 0.2) is 0 Å². The lowest BCUT2D eigenvalue weighted by atomic mass is 10.2. The highest BCUT2D eigenvalue weighted by Gasteiger charge is 2.15. The van der Waals surface area contributed by atoms with Crippen LogP contribution >= 0.6 is 0 Å². The largest absolute Gasteiger partial charge is 0.444 e. The summed E-state index contributed by atoms with van der Waals surface area (Å²) >= 11 is 0. The number of aliphatic hydroxyl groups excluding tert-OH is 1. The molecular weight excluding hydrogens is 712 g/mol. The number of hydrogen-bond acceptors (Lipinski definition) is 14. The Morgan fingerprint density at radius 1 is 0.545 bits per heavy atom. The topological polar surface area (TPSA) is 278 Å².